The van der Waals surface area contributed by atoms with E-state index < -0.39 is 5.97 Å². The van der Waals surface area contributed by atoms with E-state index in [0.717, 1.165) is 10.0 Å². The Bertz CT molecular complexity index is 488. The molecule has 0 aliphatic carbocycles. The van der Waals surface area contributed by atoms with Crippen molar-refractivity contribution in [3.05, 3.63) is 33.8 Å². The monoisotopic (exact) mass is 327 g/mol. The van der Waals surface area contributed by atoms with Crippen molar-refractivity contribution < 1.29 is 14.7 Å². The van der Waals surface area contributed by atoms with Crippen LogP contribution in [0.5, 0.6) is 0 Å². The zero-order chi connectivity index (χ0) is 14.6. The van der Waals surface area contributed by atoms with Crippen molar-refractivity contribution in [3.8, 4) is 0 Å². The number of carboxylic acids is 1. The number of rotatable bonds is 5. The van der Waals surface area contributed by atoms with Gasteiger partial charge in [-0.2, -0.15) is 0 Å². The van der Waals surface area contributed by atoms with Crippen LogP contribution in [0, 0.1) is 6.92 Å². The van der Waals surface area contributed by atoms with Crippen LogP contribution in [-0.4, -0.2) is 34.5 Å². The van der Waals surface area contributed by atoms with Crippen LogP contribution in [0.15, 0.2) is 22.7 Å². The number of nitrogens with zero attached hydrogens (tertiary/aromatic N) is 1. The quantitative estimate of drug-likeness (QED) is 0.904. The van der Waals surface area contributed by atoms with Crippen molar-refractivity contribution in [2.45, 2.75) is 33.2 Å². The maximum absolute atomic E-state index is 12.5. The van der Waals surface area contributed by atoms with E-state index in [9.17, 15) is 9.59 Å². The van der Waals surface area contributed by atoms with Gasteiger partial charge in [-0.3, -0.25) is 9.59 Å². The highest BCUT2D eigenvalue weighted by Crippen LogP contribution is 2.23. The Balaban J connectivity index is 3.02. The summed E-state index contributed by atoms with van der Waals surface area (Å²) in [7, 11) is 0. The molecule has 1 amide bonds. The Morgan fingerprint density at radius 3 is 2.58 bits per heavy atom. The van der Waals surface area contributed by atoms with E-state index in [1.807, 2.05) is 26.0 Å². The van der Waals surface area contributed by atoms with Crippen LogP contribution in [0.3, 0.4) is 0 Å². The number of carboxylic acid groups (broad SMARTS) is 1. The van der Waals surface area contributed by atoms with Gasteiger partial charge in [0.25, 0.3) is 5.91 Å². The molecule has 0 heterocycles. The summed E-state index contributed by atoms with van der Waals surface area (Å²) in [5.74, 6) is -1.05. The topological polar surface area (TPSA) is 57.6 Å². The fraction of sp³-hybridized carbons (Fsp3) is 0.429. The molecule has 1 unspecified atom stereocenters. The molecule has 4 nitrogen and oxygen atoms in total. The molecule has 0 radical (unpaired) electrons. The van der Waals surface area contributed by atoms with Gasteiger partial charge in [-0.1, -0.05) is 12.1 Å². The van der Waals surface area contributed by atoms with E-state index in [1.165, 1.54) is 0 Å². The molecule has 1 N–H and O–H groups in total. The summed E-state index contributed by atoms with van der Waals surface area (Å²) in [5.41, 5.74) is 1.55. The lowest BCUT2D eigenvalue weighted by atomic mass is 10.1. The van der Waals surface area contributed by atoms with Gasteiger partial charge < -0.3 is 10.0 Å². The number of amides is 1. The van der Waals surface area contributed by atoms with Crippen LogP contribution in [0.2, 0.25) is 0 Å². The molecule has 0 aliphatic rings. The smallest absolute Gasteiger partial charge is 0.305 e. The van der Waals surface area contributed by atoms with Crippen LogP contribution in [0.1, 0.15) is 36.2 Å². The molecule has 1 aromatic rings. The largest absolute Gasteiger partial charge is 0.481 e. The molecular weight excluding hydrogens is 310 g/mol. The number of hydrogen-bond donors (Lipinski definition) is 1. The van der Waals surface area contributed by atoms with Crippen molar-refractivity contribution >= 4 is 27.8 Å². The van der Waals surface area contributed by atoms with Gasteiger partial charge in [0.1, 0.15) is 0 Å². The van der Waals surface area contributed by atoms with Crippen molar-refractivity contribution in [1.29, 1.82) is 0 Å². The summed E-state index contributed by atoms with van der Waals surface area (Å²) >= 11 is 3.41. The molecule has 5 heteroatoms. The fourth-order valence-corrected chi connectivity index (χ4v) is 2.42. The third kappa shape index (κ3) is 3.80. The minimum atomic E-state index is -0.901. The maximum atomic E-state index is 12.5. The minimum absolute atomic E-state index is 0.0526. The highest BCUT2D eigenvalue weighted by Gasteiger charge is 2.23. The first-order chi connectivity index (χ1) is 8.88. The Labute approximate surface area is 121 Å². The molecule has 1 rings (SSSR count). The average Bonchev–Trinajstić information content (AvgIpc) is 2.32. The second kappa shape index (κ2) is 6.70. The molecule has 0 saturated heterocycles. The van der Waals surface area contributed by atoms with Crippen LogP contribution in [0.4, 0.5) is 0 Å². The maximum Gasteiger partial charge on any atom is 0.305 e. The second-order valence-electron chi connectivity index (χ2n) is 4.47. The molecule has 1 aromatic carbocycles. The van der Waals surface area contributed by atoms with Gasteiger partial charge in [0.2, 0.25) is 0 Å². The van der Waals surface area contributed by atoms with Gasteiger partial charge in [-0.15, -0.1) is 0 Å². The summed E-state index contributed by atoms with van der Waals surface area (Å²) in [4.78, 5) is 24.8. The number of hydrogen-bond acceptors (Lipinski definition) is 2. The molecule has 0 spiro atoms. The summed E-state index contributed by atoms with van der Waals surface area (Å²) in [6.07, 6.45) is -0.0526. The Morgan fingerprint density at radius 1 is 1.42 bits per heavy atom. The molecule has 0 aromatic heterocycles. The first-order valence-electron chi connectivity index (χ1n) is 6.16. The van der Waals surface area contributed by atoms with Crippen molar-refractivity contribution in [1.82, 2.24) is 4.90 Å². The first kappa shape index (κ1) is 15.7. The lowest BCUT2D eigenvalue weighted by Crippen LogP contribution is -2.39. The average molecular weight is 328 g/mol. The SMILES string of the molecule is CCN(C(=O)c1cccc(C)c1Br)C(C)CC(=O)O. The van der Waals surface area contributed by atoms with Crippen LogP contribution in [-0.2, 0) is 4.79 Å². The third-order valence-electron chi connectivity index (χ3n) is 3.03. The van der Waals surface area contributed by atoms with E-state index in [2.05, 4.69) is 15.9 Å². The minimum Gasteiger partial charge on any atom is -0.481 e. The fourth-order valence-electron chi connectivity index (χ4n) is 1.99. The molecule has 1 atom stereocenters. The number of aryl methyl sites for hydroxylation is 1. The lowest BCUT2D eigenvalue weighted by molar-refractivity contribution is -0.138. The van der Waals surface area contributed by atoms with E-state index in [0.29, 0.717) is 12.1 Å². The first-order valence-corrected chi connectivity index (χ1v) is 6.95. The van der Waals surface area contributed by atoms with Crippen molar-refractivity contribution in [3.63, 3.8) is 0 Å². The molecule has 0 saturated carbocycles. The van der Waals surface area contributed by atoms with Gasteiger partial charge in [-0.25, -0.2) is 0 Å². The van der Waals surface area contributed by atoms with Gasteiger partial charge in [0.15, 0.2) is 0 Å². The summed E-state index contributed by atoms with van der Waals surface area (Å²) in [6.45, 7) is 5.99. The third-order valence-corrected chi connectivity index (χ3v) is 4.08. The van der Waals surface area contributed by atoms with E-state index >= 15 is 0 Å². The van der Waals surface area contributed by atoms with Crippen LogP contribution >= 0.6 is 15.9 Å². The molecular formula is C14H18BrNO3. The summed E-state index contributed by atoms with van der Waals surface area (Å²) in [6, 6.07) is 5.15. The zero-order valence-electron chi connectivity index (χ0n) is 11.3. The predicted octanol–water partition coefficient (Wildman–Crippen LogP) is 3.08. The number of carbonyl (C=O) groups excluding carboxylic acids is 1. The van der Waals surface area contributed by atoms with Crippen molar-refractivity contribution in [2.75, 3.05) is 6.54 Å². The van der Waals surface area contributed by atoms with Gasteiger partial charge in [-0.05, 0) is 48.3 Å². The molecule has 0 aliphatic heterocycles. The Morgan fingerprint density at radius 2 is 2.05 bits per heavy atom. The Hall–Kier alpha value is -1.36. The number of carbonyl (C=O) groups is 2. The van der Waals surface area contributed by atoms with Gasteiger partial charge in [0.05, 0.1) is 12.0 Å². The zero-order valence-corrected chi connectivity index (χ0v) is 12.9. The predicted molar refractivity (Wildman–Crippen MR) is 77.3 cm³/mol. The van der Waals surface area contributed by atoms with E-state index in [-0.39, 0.29) is 18.4 Å². The highest BCUT2D eigenvalue weighted by molar-refractivity contribution is 9.10. The number of halogens is 1. The van der Waals surface area contributed by atoms with E-state index in [1.54, 1.807) is 17.9 Å². The molecule has 104 valence electrons. The van der Waals surface area contributed by atoms with Crippen LogP contribution in [0.25, 0.3) is 0 Å². The highest BCUT2D eigenvalue weighted by atomic mass is 79.9. The molecule has 19 heavy (non-hydrogen) atoms. The second-order valence-corrected chi connectivity index (χ2v) is 5.27. The van der Waals surface area contributed by atoms with Gasteiger partial charge >= 0.3 is 5.97 Å². The number of aliphatic carboxylic acids is 1. The number of benzene rings is 1. The summed E-state index contributed by atoms with van der Waals surface area (Å²) in [5, 5.41) is 8.83. The lowest BCUT2D eigenvalue weighted by Gasteiger charge is -2.27. The van der Waals surface area contributed by atoms with E-state index in [4.69, 9.17) is 5.11 Å². The standard InChI is InChI=1S/C14H18BrNO3/c1-4-16(10(3)8-12(17)18)14(19)11-7-5-6-9(2)13(11)15/h5-7,10H,4,8H2,1-3H3,(H,17,18). The molecule has 0 fully saturated rings. The van der Waals surface area contributed by atoms with Crippen molar-refractivity contribution in [2.24, 2.45) is 0 Å². The Kier molecular flexibility index (Phi) is 5.54. The van der Waals surface area contributed by atoms with Crippen LogP contribution < -0.4 is 0 Å². The van der Waals surface area contributed by atoms with Gasteiger partial charge in [0, 0.05) is 17.1 Å². The normalized spacial score (nSPS) is 12.0. The summed E-state index contributed by atoms with van der Waals surface area (Å²) < 4.78 is 0.765. The molecule has 0 bridgehead atoms.